The van der Waals surface area contributed by atoms with E-state index < -0.39 is 0 Å². The molecule has 4 heteroatoms. The maximum atomic E-state index is 4.41. The molecule has 0 saturated carbocycles. The van der Waals surface area contributed by atoms with E-state index >= 15 is 0 Å². The summed E-state index contributed by atoms with van der Waals surface area (Å²) < 4.78 is 0. The van der Waals surface area contributed by atoms with Gasteiger partial charge in [-0.15, -0.1) is 6.54 Å². The Morgan fingerprint density at radius 3 is 1.85 bits per heavy atom. The van der Waals surface area contributed by atoms with E-state index in [4.69, 9.17) is 0 Å². The van der Waals surface area contributed by atoms with Crippen molar-refractivity contribution in [2.75, 3.05) is 20.1 Å². The number of nitrogens with zero attached hydrogens (tertiary/aromatic N) is 2. The second kappa shape index (κ2) is 12.8. The predicted octanol–water partition coefficient (Wildman–Crippen LogP) is 5.72. The summed E-state index contributed by atoms with van der Waals surface area (Å²) in [7, 11) is 1.86. The van der Waals surface area contributed by atoms with Crippen molar-refractivity contribution in [3.63, 3.8) is 0 Å². The fraction of sp³-hybridized carbons (Fsp3) is 0.304. The predicted molar refractivity (Wildman–Crippen MR) is 112 cm³/mol. The summed E-state index contributed by atoms with van der Waals surface area (Å²) in [5, 5.41) is 11.2. The maximum absolute atomic E-state index is 4.41. The summed E-state index contributed by atoms with van der Waals surface area (Å²) in [6, 6.07) is 21.3. The van der Waals surface area contributed by atoms with Crippen molar-refractivity contribution >= 4 is 0 Å². The van der Waals surface area contributed by atoms with Gasteiger partial charge in [-0.3, -0.25) is 0 Å². The Bertz CT molecular complexity index is 640. The molecule has 0 saturated heterocycles. The summed E-state index contributed by atoms with van der Waals surface area (Å²) in [5.41, 5.74) is 3.43. The zero-order valence-electron chi connectivity index (χ0n) is 16.4. The Morgan fingerprint density at radius 2 is 1.48 bits per heavy atom. The Hall–Kier alpha value is -1.47. The van der Waals surface area contributed by atoms with E-state index in [9.17, 15) is 0 Å². The SMILES string of the molecule is C1=C[N-]1.C=C(NCCC[N-]C)C(CC)(c1ccccc1)c1ccccc1.[U+2]. The van der Waals surface area contributed by atoms with Crippen LogP contribution in [0.15, 0.2) is 85.3 Å². The maximum Gasteiger partial charge on any atom is 2.00 e. The minimum atomic E-state index is -0.203. The molecule has 3 rings (SSSR count). The van der Waals surface area contributed by atoms with Gasteiger partial charge in [0, 0.05) is 12.2 Å². The van der Waals surface area contributed by atoms with E-state index in [0.717, 1.165) is 31.6 Å². The molecular weight excluding hydrogens is 556 g/mol. The van der Waals surface area contributed by atoms with E-state index in [1.165, 1.54) is 11.1 Å². The molecule has 1 N–H and O–H groups in total. The largest absolute Gasteiger partial charge is 2.00 e. The molecule has 1 heterocycles. The van der Waals surface area contributed by atoms with Crippen molar-refractivity contribution in [2.24, 2.45) is 0 Å². The number of allylic oxidation sites excluding steroid dienone is 1. The standard InChI is InChI=1S/C21H27N2.C2H2N.U/c1-4-21(19-12-7-5-8-13-19,20-14-9-6-10-15-20)18(2)23-17-11-16-22-3;1-2-3-1;/h5-10,12-15,23H,2,4,11,16-17H2,1,3H3;1-2H;/q2*-1;+2. The van der Waals surface area contributed by atoms with E-state index in [2.05, 4.69) is 90.1 Å². The summed E-state index contributed by atoms with van der Waals surface area (Å²) in [6.07, 6.45) is 5.49. The molecule has 2 aromatic carbocycles. The molecule has 0 radical (unpaired) electrons. The molecule has 0 bridgehead atoms. The first kappa shape index (κ1) is 23.6. The Kier molecular flexibility index (Phi) is 11.2. The minimum Gasteiger partial charge on any atom is -0.673 e. The van der Waals surface area contributed by atoms with Gasteiger partial charge in [-0.2, -0.15) is 19.4 Å². The molecule has 2 aromatic rings. The first-order chi connectivity index (χ1) is 12.8. The Labute approximate surface area is 188 Å². The second-order valence-electron chi connectivity index (χ2n) is 6.24. The third-order valence-electron chi connectivity index (χ3n) is 4.62. The van der Waals surface area contributed by atoms with Gasteiger partial charge >= 0.3 is 31.1 Å². The van der Waals surface area contributed by atoms with E-state index in [1.54, 1.807) is 12.4 Å². The Balaban J connectivity index is 0.000000827. The molecular formula is C23H29N3U. The average Bonchev–Trinajstić information content (AvgIpc) is 3.57. The van der Waals surface area contributed by atoms with Crippen LogP contribution in [0.2, 0.25) is 0 Å². The molecule has 27 heavy (non-hydrogen) atoms. The number of nitrogens with one attached hydrogen (secondary N) is 1. The van der Waals surface area contributed by atoms with Crippen LogP contribution in [0.5, 0.6) is 0 Å². The minimum absolute atomic E-state index is 0. The first-order valence-electron chi connectivity index (χ1n) is 9.20. The molecule has 0 aliphatic carbocycles. The van der Waals surface area contributed by atoms with Crippen LogP contribution < -0.4 is 5.32 Å². The topological polar surface area (TPSA) is 40.2 Å². The molecule has 0 unspecified atom stereocenters. The van der Waals surface area contributed by atoms with Crippen molar-refractivity contribution in [2.45, 2.75) is 25.2 Å². The number of benzene rings is 2. The summed E-state index contributed by atoms with van der Waals surface area (Å²) in [5.74, 6) is 0. The number of hydrogen-bond acceptors (Lipinski definition) is 1. The van der Waals surface area contributed by atoms with Crippen molar-refractivity contribution in [3.05, 3.63) is 107 Å². The van der Waals surface area contributed by atoms with Gasteiger partial charge in [0.2, 0.25) is 0 Å². The van der Waals surface area contributed by atoms with Gasteiger partial charge in [-0.1, -0.05) is 80.6 Å². The van der Waals surface area contributed by atoms with Crippen LogP contribution in [0.3, 0.4) is 0 Å². The number of hydrogen-bond donors (Lipinski definition) is 1. The van der Waals surface area contributed by atoms with E-state index in [1.807, 2.05) is 7.05 Å². The summed E-state index contributed by atoms with van der Waals surface area (Å²) in [6.45, 7) is 8.42. The fourth-order valence-electron chi connectivity index (χ4n) is 3.21. The summed E-state index contributed by atoms with van der Waals surface area (Å²) >= 11 is 0. The van der Waals surface area contributed by atoms with Crippen LogP contribution in [0.25, 0.3) is 10.6 Å². The molecule has 0 amide bonds. The third kappa shape index (κ3) is 6.88. The molecule has 0 spiro atoms. The van der Waals surface area contributed by atoms with Crippen molar-refractivity contribution < 1.29 is 31.1 Å². The number of rotatable bonds is 9. The smallest absolute Gasteiger partial charge is 0.673 e. The molecule has 1 aliphatic rings. The van der Waals surface area contributed by atoms with Gasteiger partial charge in [-0.25, -0.2) is 0 Å². The fourth-order valence-corrected chi connectivity index (χ4v) is 3.21. The zero-order chi connectivity index (χ0) is 18.7. The molecule has 140 valence electrons. The first-order valence-corrected chi connectivity index (χ1v) is 9.20. The van der Waals surface area contributed by atoms with Crippen LogP contribution in [0.1, 0.15) is 30.9 Å². The molecule has 0 aromatic heterocycles. The van der Waals surface area contributed by atoms with Crippen LogP contribution >= 0.6 is 0 Å². The second-order valence-corrected chi connectivity index (χ2v) is 6.24. The normalized spacial score (nSPS) is 11.3. The van der Waals surface area contributed by atoms with Crippen molar-refractivity contribution in [1.29, 1.82) is 0 Å². The Morgan fingerprint density at radius 1 is 1.00 bits per heavy atom. The van der Waals surface area contributed by atoms with Gasteiger partial charge < -0.3 is 16.0 Å². The molecule has 0 atom stereocenters. The van der Waals surface area contributed by atoms with E-state index in [0.29, 0.717) is 0 Å². The molecule has 1 aliphatic heterocycles. The van der Waals surface area contributed by atoms with Crippen LogP contribution in [-0.2, 0) is 5.41 Å². The van der Waals surface area contributed by atoms with Gasteiger partial charge in [-0.05, 0) is 17.5 Å². The van der Waals surface area contributed by atoms with Crippen molar-refractivity contribution in [1.82, 2.24) is 5.32 Å². The zero-order valence-corrected chi connectivity index (χ0v) is 20.5. The van der Waals surface area contributed by atoms with Gasteiger partial charge in [0.05, 0.1) is 5.41 Å². The van der Waals surface area contributed by atoms with Crippen LogP contribution in [0.4, 0.5) is 0 Å². The van der Waals surface area contributed by atoms with Crippen molar-refractivity contribution in [3.8, 4) is 0 Å². The summed E-state index contributed by atoms with van der Waals surface area (Å²) in [4.78, 5) is 0. The van der Waals surface area contributed by atoms with Gasteiger partial charge in [0.25, 0.3) is 0 Å². The van der Waals surface area contributed by atoms with Crippen LogP contribution in [0, 0.1) is 31.1 Å². The van der Waals surface area contributed by atoms with Crippen LogP contribution in [-0.4, -0.2) is 20.1 Å². The third-order valence-corrected chi connectivity index (χ3v) is 4.62. The molecule has 3 nitrogen and oxygen atoms in total. The average molecular weight is 586 g/mol. The van der Waals surface area contributed by atoms with E-state index in [-0.39, 0.29) is 36.5 Å². The van der Waals surface area contributed by atoms with Gasteiger partial charge in [0.15, 0.2) is 0 Å². The van der Waals surface area contributed by atoms with Gasteiger partial charge in [0.1, 0.15) is 0 Å². The monoisotopic (exact) mass is 585 g/mol. The molecule has 0 fully saturated rings. The quantitative estimate of drug-likeness (QED) is 0.376.